The largest absolute Gasteiger partial charge is 0.506 e. The average molecular weight is 344 g/mol. The predicted octanol–water partition coefficient (Wildman–Crippen LogP) is 2.64. The highest BCUT2D eigenvalue weighted by molar-refractivity contribution is 6.31. The van der Waals surface area contributed by atoms with E-state index in [-0.39, 0.29) is 23.6 Å². The van der Waals surface area contributed by atoms with E-state index in [9.17, 15) is 14.7 Å². The van der Waals surface area contributed by atoms with E-state index in [2.05, 4.69) is 4.98 Å². The summed E-state index contributed by atoms with van der Waals surface area (Å²) in [5, 5.41) is 11.3. The summed E-state index contributed by atoms with van der Waals surface area (Å²) in [6.07, 6.45) is 0. The van der Waals surface area contributed by atoms with E-state index in [0.717, 1.165) is 0 Å². The van der Waals surface area contributed by atoms with Crippen molar-refractivity contribution >= 4 is 22.5 Å². The molecule has 3 aromatic rings. The second kappa shape index (κ2) is 5.28. The average Bonchev–Trinajstić information content (AvgIpc) is 2.99. The third-order valence-electron chi connectivity index (χ3n) is 3.82. The number of aromatic nitrogens is 1. The van der Waals surface area contributed by atoms with Gasteiger partial charge in [-0.25, -0.2) is 0 Å². The predicted molar refractivity (Wildman–Crippen MR) is 89.1 cm³/mol. The normalized spacial score (nSPS) is 12.5. The van der Waals surface area contributed by atoms with Gasteiger partial charge in [0.05, 0.1) is 11.1 Å². The van der Waals surface area contributed by atoms with Gasteiger partial charge >= 0.3 is 0 Å². The molecule has 120 valence electrons. The molecule has 6 nitrogen and oxygen atoms in total. The van der Waals surface area contributed by atoms with Crippen molar-refractivity contribution in [1.82, 2.24) is 4.98 Å². The first-order valence-electron chi connectivity index (χ1n) is 7.03. The Kier molecular flexibility index (Phi) is 3.21. The van der Waals surface area contributed by atoms with Crippen molar-refractivity contribution in [3.05, 3.63) is 62.0 Å². The molecule has 0 unspecified atom stereocenters. The molecule has 0 saturated heterocycles. The number of hydrogen-bond donors (Lipinski definition) is 2. The van der Waals surface area contributed by atoms with E-state index in [0.29, 0.717) is 27.5 Å². The molecule has 0 fully saturated rings. The number of rotatable bonds is 1. The molecule has 2 N–H and O–H groups in total. The summed E-state index contributed by atoms with van der Waals surface area (Å²) in [4.78, 5) is 27.1. The molecule has 0 radical (unpaired) electrons. The van der Waals surface area contributed by atoms with Crippen molar-refractivity contribution in [3.8, 4) is 28.4 Å². The second-order valence-electron chi connectivity index (χ2n) is 5.26. The number of H-pyrrole nitrogens is 1. The van der Waals surface area contributed by atoms with Gasteiger partial charge in [-0.15, -0.1) is 0 Å². The van der Waals surface area contributed by atoms with Crippen molar-refractivity contribution in [1.29, 1.82) is 0 Å². The van der Waals surface area contributed by atoms with Crippen LogP contribution in [-0.2, 0) is 0 Å². The van der Waals surface area contributed by atoms with Gasteiger partial charge in [-0.2, -0.15) is 0 Å². The molecule has 0 saturated carbocycles. The molecule has 0 amide bonds. The topological polar surface area (TPSA) is 88.6 Å². The van der Waals surface area contributed by atoms with Crippen LogP contribution in [-0.4, -0.2) is 16.9 Å². The number of halogens is 1. The molecule has 24 heavy (non-hydrogen) atoms. The first kappa shape index (κ1) is 14.6. The summed E-state index contributed by atoms with van der Waals surface area (Å²) in [7, 11) is 0. The van der Waals surface area contributed by atoms with Gasteiger partial charge in [0.1, 0.15) is 5.75 Å². The number of aromatic amines is 1. The minimum atomic E-state index is -0.852. The molecule has 0 spiro atoms. The number of fused-ring (bicyclic) bond motifs is 2. The summed E-state index contributed by atoms with van der Waals surface area (Å²) in [5.74, 6) is 0.682. The van der Waals surface area contributed by atoms with Gasteiger partial charge in [0.25, 0.3) is 11.0 Å². The number of benzene rings is 2. The fraction of sp³-hybridized carbons (Fsp3) is 0.0588. The second-order valence-corrected chi connectivity index (χ2v) is 5.70. The van der Waals surface area contributed by atoms with Gasteiger partial charge in [0.15, 0.2) is 11.5 Å². The van der Waals surface area contributed by atoms with Crippen LogP contribution < -0.4 is 20.5 Å². The van der Waals surface area contributed by atoms with Crippen LogP contribution in [0.1, 0.15) is 0 Å². The van der Waals surface area contributed by atoms with Gasteiger partial charge in [0.2, 0.25) is 6.79 Å². The zero-order valence-corrected chi connectivity index (χ0v) is 12.9. The summed E-state index contributed by atoms with van der Waals surface area (Å²) in [5.41, 5.74) is -1.17. The molecule has 0 aliphatic carbocycles. The maximum absolute atomic E-state index is 12.5. The van der Waals surface area contributed by atoms with Crippen molar-refractivity contribution in [2.24, 2.45) is 0 Å². The van der Waals surface area contributed by atoms with Crippen LogP contribution in [0.3, 0.4) is 0 Å². The summed E-state index contributed by atoms with van der Waals surface area (Å²) in [6, 6.07) is 9.34. The van der Waals surface area contributed by atoms with Gasteiger partial charge in [0, 0.05) is 10.4 Å². The van der Waals surface area contributed by atoms with Crippen molar-refractivity contribution in [2.45, 2.75) is 0 Å². The molecule has 1 aliphatic rings. The van der Waals surface area contributed by atoms with Crippen molar-refractivity contribution in [2.75, 3.05) is 6.79 Å². The molecule has 0 atom stereocenters. The zero-order chi connectivity index (χ0) is 16.8. The summed E-state index contributed by atoms with van der Waals surface area (Å²) >= 11 is 5.91. The highest BCUT2D eigenvalue weighted by Crippen LogP contribution is 2.38. The van der Waals surface area contributed by atoms with Gasteiger partial charge in [-0.3, -0.25) is 9.59 Å². The van der Waals surface area contributed by atoms with Gasteiger partial charge in [-0.1, -0.05) is 17.7 Å². The SMILES string of the molecule is O=c1[nH]c2cc(Cl)ccc2c(O)c(-c2ccc3c(c2)OCO3)c1=O. The Morgan fingerprint density at radius 1 is 1.04 bits per heavy atom. The molecule has 4 rings (SSSR count). The van der Waals surface area contributed by atoms with Crippen molar-refractivity contribution < 1.29 is 14.6 Å². The van der Waals surface area contributed by atoms with Gasteiger partial charge < -0.3 is 19.6 Å². The molecule has 0 bridgehead atoms. The highest BCUT2D eigenvalue weighted by atomic mass is 35.5. The van der Waals surface area contributed by atoms with E-state index in [4.69, 9.17) is 21.1 Å². The van der Waals surface area contributed by atoms with E-state index in [1.54, 1.807) is 30.3 Å². The van der Waals surface area contributed by atoms with E-state index in [1.807, 2.05) is 0 Å². The van der Waals surface area contributed by atoms with Crippen LogP contribution in [0.25, 0.3) is 22.0 Å². The van der Waals surface area contributed by atoms with E-state index in [1.165, 1.54) is 6.07 Å². The van der Waals surface area contributed by atoms with Crippen LogP contribution in [0.4, 0.5) is 0 Å². The van der Waals surface area contributed by atoms with E-state index >= 15 is 0 Å². The first-order valence-corrected chi connectivity index (χ1v) is 7.41. The Labute approximate surface area is 139 Å². The lowest BCUT2D eigenvalue weighted by Crippen LogP contribution is -2.24. The summed E-state index contributed by atoms with van der Waals surface area (Å²) < 4.78 is 10.5. The Hall–Kier alpha value is -2.99. The number of ether oxygens (including phenoxy) is 2. The van der Waals surface area contributed by atoms with E-state index < -0.39 is 11.0 Å². The fourth-order valence-corrected chi connectivity index (χ4v) is 2.85. The third kappa shape index (κ3) is 2.19. The quantitative estimate of drug-likeness (QED) is 0.663. The Balaban J connectivity index is 2.11. The molecule has 1 aromatic heterocycles. The maximum Gasteiger partial charge on any atom is 0.296 e. The monoisotopic (exact) mass is 343 g/mol. The summed E-state index contributed by atoms with van der Waals surface area (Å²) in [6.45, 7) is 0.0829. The molecule has 2 heterocycles. The standard InChI is InChI=1S/C17H10ClNO5/c18-9-2-3-10-11(6-9)19-17(22)16(21)14(15(10)20)8-1-4-12-13(5-8)24-7-23-12/h1-6,20H,7H2,(H,19,21,22). The molecule has 1 aliphatic heterocycles. The van der Waals surface area contributed by atoms with Gasteiger partial charge in [-0.05, 0) is 35.9 Å². The molecule has 7 heteroatoms. The molecular weight excluding hydrogens is 334 g/mol. The molecule has 2 aromatic carbocycles. The number of hydrogen-bond acceptors (Lipinski definition) is 5. The zero-order valence-electron chi connectivity index (χ0n) is 12.1. The van der Waals surface area contributed by atoms with Crippen LogP contribution in [0.5, 0.6) is 17.2 Å². The van der Waals surface area contributed by atoms with Crippen molar-refractivity contribution in [3.63, 3.8) is 0 Å². The highest BCUT2D eigenvalue weighted by Gasteiger charge is 2.19. The maximum atomic E-state index is 12.5. The third-order valence-corrected chi connectivity index (χ3v) is 4.05. The Morgan fingerprint density at radius 3 is 2.67 bits per heavy atom. The smallest absolute Gasteiger partial charge is 0.296 e. The molecular formula is C17H10ClNO5. The lowest BCUT2D eigenvalue weighted by molar-refractivity contribution is 0.174. The Bertz CT molecular complexity index is 1110. The minimum Gasteiger partial charge on any atom is -0.506 e. The van der Waals surface area contributed by atoms with Crippen LogP contribution in [0, 0.1) is 0 Å². The number of nitrogens with one attached hydrogen (secondary N) is 1. The van der Waals surface area contributed by atoms with Crippen LogP contribution in [0.2, 0.25) is 5.02 Å². The lowest BCUT2D eigenvalue weighted by atomic mass is 10.0. The Morgan fingerprint density at radius 2 is 1.83 bits per heavy atom. The van der Waals surface area contributed by atoms with Crippen LogP contribution >= 0.6 is 11.6 Å². The lowest BCUT2D eigenvalue weighted by Gasteiger charge is -2.04. The fourth-order valence-electron chi connectivity index (χ4n) is 2.68. The van der Waals surface area contributed by atoms with Crippen LogP contribution in [0.15, 0.2) is 46.0 Å². The number of aromatic hydroxyl groups is 1. The first-order chi connectivity index (χ1) is 11.5. The minimum absolute atomic E-state index is 0.0829.